The van der Waals surface area contributed by atoms with Crippen molar-refractivity contribution in [3.63, 3.8) is 0 Å². The van der Waals surface area contributed by atoms with Crippen molar-refractivity contribution in [2.75, 3.05) is 19.8 Å². The maximum atomic E-state index is 12.2. The minimum Gasteiger partial charge on any atom is -0.465 e. The van der Waals surface area contributed by atoms with Crippen LogP contribution in [0.4, 0.5) is 0 Å². The number of rotatable bonds is 4. The third-order valence-electron chi connectivity index (χ3n) is 3.75. The van der Waals surface area contributed by atoms with Crippen LogP contribution in [-0.2, 0) is 4.74 Å². The SMILES string of the molecule is Cc1oc(C(C)C)cc1C(=O)NCC1(O)CCOCC1. The summed E-state index contributed by atoms with van der Waals surface area (Å²) in [6.45, 7) is 7.14. The number of carbonyl (C=O) groups excluding carboxylic acids is 1. The summed E-state index contributed by atoms with van der Waals surface area (Å²) in [7, 11) is 0. The first-order chi connectivity index (χ1) is 9.41. The summed E-state index contributed by atoms with van der Waals surface area (Å²) in [4.78, 5) is 12.2. The van der Waals surface area contributed by atoms with Crippen LogP contribution < -0.4 is 5.32 Å². The van der Waals surface area contributed by atoms with Crippen LogP contribution in [0.15, 0.2) is 10.5 Å². The van der Waals surface area contributed by atoms with Gasteiger partial charge >= 0.3 is 0 Å². The van der Waals surface area contributed by atoms with E-state index in [0.717, 1.165) is 5.76 Å². The maximum absolute atomic E-state index is 12.2. The number of aliphatic hydroxyl groups is 1. The number of hydrogen-bond donors (Lipinski definition) is 2. The Hall–Kier alpha value is -1.33. The Morgan fingerprint density at radius 1 is 1.45 bits per heavy atom. The van der Waals surface area contributed by atoms with Gasteiger partial charge in [-0.05, 0) is 13.0 Å². The first-order valence-corrected chi connectivity index (χ1v) is 7.10. The third-order valence-corrected chi connectivity index (χ3v) is 3.75. The number of aryl methyl sites for hydroxylation is 1. The molecule has 2 rings (SSSR count). The van der Waals surface area contributed by atoms with E-state index < -0.39 is 5.60 Å². The highest BCUT2D eigenvalue weighted by Crippen LogP contribution is 2.23. The largest absolute Gasteiger partial charge is 0.465 e. The molecule has 0 atom stereocenters. The van der Waals surface area contributed by atoms with Gasteiger partial charge in [-0.15, -0.1) is 0 Å². The molecule has 1 aliphatic rings. The van der Waals surface area contributed by atoms with Gasteiger partial charge in [-0.25, -0.2) is 0 Å². The number of nitrogens with one attached hydrogen (secondary N) is 1. The quantitative estimate of drug-likeness (QED) is 0.885. The van der Waals surface area contributed by atoms with E-state index in [1.54, 1.807) is 13.0 Å². The Bertz CT molecular complexity index is 472. The lowest BCUT2D eigenvalue weighted by atomic mass is 9.94. The fourth-order valence-corrected chi connectivity index (χ4v) is 2.28. The summed E-state index contributed by atoms with van der Waals surface area (Å²) in [6.07, 6.45) is 1.10. The fourth-order valence-electron chi connectivity index (χ4n) is 2.28. The van der Waals surface area contributed by atoms with Gasteiger partial charge in [0.1, 0.15) is 11.5 Å². The Morgan fingerprint density at radius 3 is 2.65 bits per heavy atom. The zero-order valence-electron chi connectivity index (χ0n) is 12.4. The molecule has 1 aromatic heterocycles. The van der Waals surface area contributed by atoms with Crippen molar-refractivity contribution in [1.82, 2.24) is 5.32 Å². The molecule has 5 heteroatoms. The van der Waals surface area contributed by atoms with E-state index in [9.17, 15) is 9.90 Å². The number of carbonyl (C=O) groups is 1. The molecule has 0 radical (unpaired) electrons. The van der Waals surface area contributed by atoms with E-state index in [-0.39, 0.29) is 18.4 Å². The second kappa shape index (κ2) is 5.97. The molecular weight excluding hydrogens is 258 g/mol. The summed E-state index contributed by atoms with van der Waals surface area (Å²) in [5.74, 6) is 1.47. The molecule has 2 N–H and O–H groups in total. The van der Waals surface area contributed by atoms with Crippen molar-refractivity contribution in [3.05, 3.63) is 23.2 Å². The molecule has 0 unspecified atom stereocenters. The summed E-state index contributed by atoms with van der Waals surface area (Å²) in [6, 6.07) is 1.78. The predicted octanol–water partition coefficient (Wildman–Crippen LogP) is 1.98. The first-order valence-electron chi connectivity index (χ1n) is 7.10. The van der Waals surface area contributed by atoms with Crippen molar-refractivity contribution in [3.8, 4) is 0 Å². The van der Waals surface area contributed by atoms with Crippen LogP contribution in [-0.4, -0.2) is 36.4 Å². The summed E-state index contributed by atoms with van der Waals surface area (Å²) in [5, 5.41) is 13.1. The molecule has 2 heterocycles. The van der Waals surface area contributed by atoms with Crippen LogP contribution in [0.25, 0.3) is 0 Å². The average Bonchev–Trinajstić information content (AvgIpc) is 2.79. The highest BCUT2D eigenvalue weighted by Gasteiger charge is 2.30. The second-order valence-corrected chi connectivity index (χ2v) is 5.79. The smallest absolute Gasteiger partial charge is 0.254 e. The van der Waals surface area contributed by atoms with Crippen LogP contribution in [0, 0.1) is 6.92 Å². The molecule has 0 saturated carbocycles. The highest BCUT2D eigenvalue weighted by molar-refractivity contribution is 5.95. The average molecular weight is 281 g/mol. The number of ether oxygens (including phenoxy) is 1. The molecule has 20 heavy (non-hydrogen) atoms. The third kappa shape index (κ3) is 3.41. The van der Waals surface area contributed by atoms with Gasteiger partial charge in [0, 0.05) is 38.5 Å². The van der Waals surface area contributed by atoms with Crippen LogP contribution in [0.5, 0.6) is 0 Å². The van der Waals surface area contributed by atoms with E-state index in [2.05, 4.69) is 5.32 Å². The van der Waals surface area contributed by atoms with Crippen LogP contribution in [0.2, 0.25) is 0 Å². The van der Waals surface area contributed by atoms with Crippen molar-refractivity contribution >= 4 is 5.91 Å². The molecule has 1 fully saturated rings. The van der Waals surface area contributed by atoms with Crippen molar-refractivity contribution < 1.29 is 19.1 Å². The lowest BCUT2D eigenvalue weighted by molar-refractivity contribution is -0.0605. The van der Waals surface area contributed by atoms with E-state index in [0.29, 0.717) is 37.4 Å². The number of amides is 1. The van der Waals surface area contributed by atoms with Crippen molar-refractivity contribution in [2.24, 2.45) is 0 Å². The molecule has 1 aliphatic heterocycles. The lowest BCUT2D eigenvalue weighted by Gasteiger charge is -2.32. The van der Waals surface area contributed by atoms with Gasteiger partial charge in [0.15, 0.2) is 0 Å². The minimum atomic E-state index is -0.855. The zero-order chi connectivity index (χ0) is 14.8. The highest BCUT2D eigenvalue weighted by atomic mass is 16.5. The lowest BCUT2D eigenvalue weighted by Crippen LogP contribution is -2.46. The van der Waals surface area contributed by atoms with Crippen LogP contribution >= 0.6 is 0 Å². The minimum absolute atomic E-state index is 0.196. The predicted molar refractivity (Wildman–Crippen MR) is 74.9 cm³/mol. The normalized spacial score (nSPS) is 18.2. The van der Waals surface area contributed by atoms with E-state index in [4.69, 9.17) is 9.15 Å². The van der Waals surface area contributed by atoms with Gasteiger partial charge in [-0.2, -0.15) is 0 Å². The Kier molecular flexibility index (Phi) is 4.50. The number of furan rings is 1. The molecule has 0 aliphatic carbocycles. The molecular formula is C15H23NO4. The van der Waals surface area contributed by atoms with Crippen LogP contribution in [0.3, 0.4) is 0 Å². The second-order valence-electron chi connectivity index (χ2n) is 5.79. The van der Waals surface area contributed by atoms with Gasteiger partial charge in [0.05, 0.1) is 11.2 Å². The Balaban J connectivity index is 1.98. The fraction of sp³-hybridized carbons (Fsp3) is 0.667. The van der Waals surface area contributed by atoms with Crippen molar-refractivity contribution in [1.29, 1.82) is 0 Å². The van der Waals surface area contributed by atoms with E-state index in [1.165, 1.54) is 0 Å². The van der Waals surface area contributed by atoms with Gasteiger partial charge < -0.3 is 19.6 Å². The molecule has 0 bridgehead atoms. The van der Waals surface area contributed by atoms with Gasteiger partial charge in [-0.1, -0.05) is 13.8 Å². The zero-order valence-corrected chi connectivity index (χ0v) is 12.4. The summed E-state index contributed by atoms with van der Waals surface area (Å²) >= 11 is 0. The number of hydrogen-bond acceptors (Lipinski definition) is 4. The van der Waals surface area contributed by atoms with Crippen LogP contribution in [0.1, 0.15) is 54.5 Å². The summed E-state index contributed by atoms with van der Waals surface area (Å²) in [5.41, 5.74) is -0.309. The molecule has 112 valence electrons. The van der Waals surface area contributed by atoms with E-state index in [1.807, 2.05) is 13.8 Å². The molecule has 5 nitrogen and oxygen atoms in total. The molecule has 1 aromatic rings. The van der Waals surface area contributed by atoms with Crippen molar-refractivity contribution in [2.45, 2.75) is 45.1 Å². The monoisotopic (exact) mass is 281 g/mol. The summed E-state index contributed by atoms with van der Waals surface area (Å²) < 4.78 is 10.8. The van der Waals surface area contributed by atoms with Gasteiger partial charge in [-0.3, -0.25) is 4.79 Å². The van der Waals surface area contributed by atoms with E-state index >= 15 is 0 Å². The maximum Gasteiger partial charge on any atom is 0.254 e. The topological polar surface area (TPSA) is 71.7 Å². The molecule has 1 saturated heterocycles. The first kappa shape index (κ1) is 15.1. The Labute approximate surface area is 119 Å². The molecule has 0 aromatic carbocycles. The van der Waals surface area contributed by atoms with Gasteiger partial charge in [0.2, 0.25) is 0 Å². The molecule has 0 spiro atoms. The van der Waals surface area contributed by atoms with Gasteiger partial charge in [0.25, 0.3) is 5.91 Å². The molecule has 1 amide bonds. The Morgan fingerprint density at radius 2 is 2.10 bits per heavy atom. The standard InChI is InChI=1S/C15H23NO4/c1-10(2)13-8-12(11(3)20-13)14(17)16-9-15(18)4-6-19-7-5-15/h8,10,18H,4-7,9H2,1-3H3,(H,16,17).